The lowest BCUT2D eigenvalue weighted by atomic mass is 10.2. The van der Waals surface area contributed by atoms with Gasteiger partial charge in [0, 0.05) is 6.04 Å². The zero-order valence-electron chi connectivity index (χ0n) is 9.60. The number of carbonyl (C=O) groups is 1. The SMILES string of the molecule is COc1cccc(COC(=O)CC(C)N)c1. The van der Waals surface area contributed by atoms with Crippen LogP contribution in [0.15, 0.2) is 24.3 Å². The fourth-order valence-electron chi connectivity index (χ4n) is 1.25. The fraction of sp³-hybridized carbons (Fsp3) is 0.417. The first-order chi connectivity index (χ1) is 7.61. The van der Waals surface area contributed by atoms with Gasteiger partial charge in [-0.1, -0.05) is 12.1 Å². The Kier molecular flexibility index (Phi) is 4.79. The van der Waals surface area contributed by atoms with Gasteiger partial charge in [-0.2, -0.15) is 0 Å². The van der Waals surface area contributed by atoms with E-state index in [1.54, 1.807) is 14.0 Å². The molecule has 0 saturated heterocycles. The standard InChI is InChI=1S/C12H17NO3/c1-9(13)6-12(14)16-8-10-4-3-5-11(7-10)15-2/h3-5,7,9H,6,8,13H2,1-2H3. The molecule has 0 bridgehead atoms. The summed E-state index contributed by atoms with van der Waals surface area (Å²) in [6.45, 7) is 2.02. The number of carbonyl (C=O) groups excluding carboxylic acids is 1. The molecule has 88 valence electrons. The van der Waals surface area contributed by atoms with Gasteiger partial charge < -0.3 is 15.2 Å². The van der Waals surface area contributed by atoms with E-state index in [1.165, 1.54) is 0 Å². The van der Waals surface area contributed by atoms with Crippen LogP contribution in [0.1, 0.15) is 18.9 Å². The smallest absolute Gasteiger partial charge is 0.307 e. The molecular formula is C12H17NO3. The Morgan fingerprint density at radius 2 is 2.25 bits per heavy atom. The molecule has 1 atom stereocenters. The summed E-state index contributed by atoms with van der Waals surface area (Å²) >= 11 is 0. The Labute approximate surface area is 95.3 Å². The maximum atomic E-state index is 11.2. The highest BCUT2D eigenvalue weighted by Gasteiger charge is 2.06. The van der Waals surface area contributed by atoms with Crippen molar-refractivity contribution in [2.75, 3.05) is 7.11 Å². The number of benzene rings is 1. The monoisotopic (exact) mass is 223 g/mol. The van der Waals surface area contributed by atoms with Crippen LogP contribution in [0.25, 0.3) is 0 Å². The van der Waals surface area contributed by atoms with E-state index in [4.69, 9.17) is 15.2 Å². The summed E-state index contributed by atoms with van der Waals surface area (Å²) in [6.07, 6.45) is 0.240. The Bertz CT molecular complexity index is 350. The van der Waals surface area contributed by atoms with Gasteiger partial charge in [0.05, 0.1) is 13.5 Å². The first kappa shape index (κ1) is 12.5. The van der Waals surface area contributed by atoms with Crippen molar-refractivity contribution < 1.29 is 14.3 Å². The normalized spacial score (nSPS) is 11.9. The Hall–Kier alpha value is -1.55. The first-order valence-electron chi connectivity index (χ1n) is 5.16. The van der Waals surface area contributed by atoms with Gasteiger partial charge in [0.25, 0.3) is 0 Å². The Balaban J connectivity index is 2.45. The zero-order chi connectivity index (χ0) is 12.0. The summed E-state index contributed by atoms with van der Waals surface area (Å²) in [5, 5.41) is 0. The van der Waals surface area contributed by atoms with Crippen LogP contribution >= 0.6 is 0 Å². The van der Waals surface area contributed by atoms with Crippen LogP contribution < -0.4 is 10.5 Å². The van der Waals surface area contributed by atoms with Crippen LogP contribution in [0, 0.1) is 0 Å². The second kappa shape index (κ2) is 6.12. The molecular weight excluding hydrogens is 206 g/mol. The Morgan fingerprint density at radius 3 is 2.88 bits per heavy atom. The lowest BCUT2D eigenvalue weighted by molar-refractivity contribution is -0.145. The van der Waals surface area contributed by atoms with E-state index in [-0.39, 0.29) is 25.0 Å². The molecule has 0 amide bonds. The van der Waals surface area contributed by atoms with Crippen LogP contribution in [0.3, 0.4) is 0 Å². The van der Waals surface area contributed by atoms with E-state index in [1.807, 2.05) is 24.3 Å². The largest absolute Gasteiger partial charge is 0.497 e. The zero-order valence-corrected chi connectivity index (χ0v) is 9.60. The quantitative estimate of drug-likeness (QED) is 0.768. The lowest BCUT2D eigenvalue weighted by Gasteiger charge is -2.07. The second-order valence-electron chi connectivity index (χ2n) is 3.69. The van der Waals surface area contributed by atoms with Crippen LogP contribution in [-0.4, -0.2) is 19.1 Å². The number of esters is 1. The van der Waals surface area contributed by atoms with Gasteiger partial charge in [0.1, 0.15) is 12.4 Å². The topological polar surface area (TPSA) is 61.5 Å². The van der Waals surface area contributed by atoms with E-state index in [0.717, 1.165) is 11.3 Å². The molecule has 0 radical (unpaired) electrons. The van der Waals surface area contributed by atoms with E-state index >= 15 is 0 Å². The van der Waals surface area contributed by atoms with E-state index < -0.39 is 0 Å². The van der Waals surface area contributed by atoms with Crippen molar-refractivity contribution in [2.24, 2.45) is 5.73 Å². The Morgan fingerprint density at radius 1 is 1.50 bits per heavy atom. The number of hydrogen-bond donors (Lipinski definition) is 1. The van der Waals surface area contributed by atoms with E-state index in [9.17, 15) is 4.79 Å². The van der Waals surface area contributed by atoms with Crippen molar-refractivity contribution in [3.8, 4) is 5.75 Å². The van der Waals surface area contributed by atoms with Crippen LogP contribution in [-0.2, 0) is 16.1 Å². The summed E-state index contributed by atoms with van der Waals surface area (Å²) in [5.41, 5.74) is 6.39. The molecule has 0 aliphatic carbocycles. The van der Waals surface area contributed by atoms with E-state index in [0.29, 0.717) is 0 Å². The number of methoxy groups -OCH3 is 1. The molecule has 0 aliphatic rings. The molecule has 4 nitrogen and oxygen atoms in total. The number of hydrogen-bond acceptors (Lipinski definition) is 4. The summed E-state index contributed by atoms with van der Waals surface area (Å²) < 4.78 is 10.1. The van der Waals surface area contributed by atoms with Gasteiger partial charge in [-0.3, -0.25) is 4.79 Å². The predicted octanol–water partition coefficient (Wildman–Crippen LogP) is 1.48. The fourth-order valence-corrected chi connectivity index (χ4v) is 1.25. The summed E-state index contributed by atoms with van der Waals surface area (Å²) in [4.78, 5) is 11.2. The predicted molar refractivity (Wildman–Crippen MR) is 61.1 cm³/mol. The van der Waals surface area contributed by atoms with Crippen molar-refractivity contribution in [1.29, 1.82) is 0 Å². The number of ether oxygens (including phenoxy) is 2. The summed E-state index contributed by atoms with van der Waals surface area (Å²) in [6, 6.07) is 7.24. The summed E-state index contributed by atoms with van der Waals surface area (Å²) in [7, 11) is 1.60. The highest BCUT2D eigenvalue weighted by atomic mass is 16.5. The number of nitrogens with two attached hydrogens (primary N) is 1. The highest BCUT2D eigenvalue weighted by molar-refractivity contribution is 5.70. The molecule has 1 rings (SSSR count). The highest BCUT2D eigenvalue weighted by Crippen LogP contribution is 2.13. The molecule has 4 heteroatoms. The molecule has 0 saturated carbocycles. The first-order valence-corrected chi connectivity index (χ1v) is 5.16. The van der Waals surface area contributed by atoms with Crippen molar-refractivity contribution in [3.05, 3.63) is 29.8 Å². The summed E-state index contributed by atoms with van der Waals surface area (Å²) in [5.74, 6) is 0.471. The minimum atomic E-state index is -0.280. The van der Waals surface area contributed by atoms with Crippen LogP contribution in [0.5, 0.6) is 5.75 Å². The molecule has 16 heavy (non-hydrogen) atoms. The third-order valence-electron chi connectivity index (χ3n) is 2.02. The van der Waals surface area contributed by atoms with Crippen LogP contribution in [0.2, 0.25) is 0 Å². The van der Waals surface area contributed by atoms with Gasteiger partial charge in [-0.15, -0.1) is 0 Å². The molecule has 1 aromatic carbocycles. The molecule has 1 unspecified atom stereocenters. The third kappa shape index (κ3) is 4.31. The van der Waals surface area contributed by atoms with Gasteiger partial charge in [-0.25, -0.2) is 0 Å². The molecule has 0 spiro atoms. The minimum Gasteiger partial charge on any atom is -0.497 e. The average molecular weight is 223 g/mol. The third-order valence-corrected chi connectivity index (χ3v) is 2.02. The minimum absolute atomic E-state index is 0.169. The maximum Gasteiger partial charge on any atom is 0.307 e. The van der Waals surface area contributed by atoms with Gasteiger partial charge in [-0.05, 0) is 24.6 Å². The molecule has 0 heterocycles. The van der Waals surface area contributed by atoms with Gasteiger partial charge >= 0.3 is 5.97 Å². The van der Waals surface area contributed by atoms with E-state index in [2.05, 4.69) is 0 Å². The van der Waals surface area contributed by atoms with Crippen molar-refractivity contribution in [2.45, 2.75) is 26.0 Å². The molecule has 0 fully saturated rings. The van der Waals surface area contributed by atoms with Crippen molar-refractivity contribution in [3.63, 3.8) is 0 Å². The van der Waals surface area contributed by atoms with Gasteiger partial charge in [0.2, 0.25) is 0 Å². The second-order valence-corrected chi connectivity index (χ2v) is 3.69. The molecule has 1 aromatic rings. The van der Waals surface area contributed by atoms with Crippen LogP contribution in [0.4, 0.5) is 0 Å². The van der Waals surface area contributed by atoms with Crippen molar-refractivity contribution in [1.82, 2.24) is 0 Å². The molecule has 0 aromatic heterocycles. The maximum absolute atomic E-state index is 11.2. The average Bonchev–Trinajstić information content (AvgIpc) is 2.26. The number of rotatable bonds is 5. The lowest BCUT2D eigenvalue weighted by Crippen LogP contribution is -2.20. The molecule has 0 aliphatic heterocycles. The van der Waals surface area contributed by atoms with Crippen molar-refractivity contribution >= 4 is 5.97 Å². The van der Waals surface area contributed by atoms with Gasteiger partial charge in [0.15, 0.2) is 0 Å². The molecule has 2 N–H and O–H groups in total.